The molecule has 0 bridgehead atoms. The van der Waals surface area contributed by atoms with Gasteiger partial charge in [0.1, 0.15) is 5.82 Å². The van der Waals surface area contributed by atoms with Crippen LogP contribution in [0, 0.1) is 24.0 Å². The highest BCUT2D eigenvalue weighted by atomic mass is 16.6. The van der Waals surface area contributed by atoms with Crippen LogP contribution in [0.15, 0.2) is 34.9 Å². The number of nitro benzene ring substituents is 1. The van der Waals surface area contributed by atoms with Crippen molar-refractivity contribution in [1.82, 2.24) is 25.0 Å². The molecule has 0 spiro atoms. The van der Waals surface area contributed by atoms with Crippen LogP contribution >= 0.6 is 0 Å². The van der Waals surface area contributed by atoms with Gasteiger partial charge >= 0.3 is 0 Å². The molecule has 0 amide bonds. The molecule has 1 aromatic carbocycles. The Balaban J connectivity index is 1.48. The number of rotatable bonds is 5. The number of benzene rings is 1. The largest absolute Gasteiger partial charge is 0.354 e. The van der Waals surface area contributed by atoms with Crippen LogP contribution in [0.3, 0.4) is 0 Å². The zero-order valence-electron chi connectivity index (χ0n) is 17.1. The number of hydrogen-bond acceptors (Lipinski definition) is 9. The van der Waals surface area contributed by atoms with Crippen molar-refractivity contribution in [3.05, 3.63) is 57.9 Å². The zero-order valence-corrected chi connectivity index (χ0v) is 17.1. The highest BCUT2D eigenvalue weighted by Gasteiger charge is 2.26. The number of nitro groups is 1. The molecule has 0 radical (unpaired) electrons. The highest BCUT2D eigenvalue weighted by molar-refractivity contribution is 5.60. The highest BCUT2D eigenvalue weighted by Crippen LogP contribution is 2.25. The SMILES string of the molecule is Cc1cc(N2CCN(C(C)c3nc(C)no3)CC2)nc(-c2ccc([N+](=O)[O-])cc2)n1. The lowest BCUT2D eigenvalue weighted by Gasteiger charge is -2.37. The van der Waals surface area contributed by atoms with E-state index in [4.69, 9.17) is 9.51 Å². The van der Waals surface area contributed by atoms with Gasteiger partial charge in [-0.3, -0.25) is 15.0 Å². The molecule has 1 aliphatic heterocycles. The second-order valence-corrected chi connectivity index (χ2v) is 7.37. The number of aromatic nitrogens is 4. The predicted molar refractivity (Wildman–Crippen MR) is 110 cm³/mol. The zero-order chi connectivity index (χ0) is 21.3. The summed E-state index contributed by atoms with van der Waals surface area (Å²) in [6, 6.07) is 8.34. The summed E-state index contributed by atoms with van der Waals surface area (Å²) in [6.45, 7) is 9.14. The fourth-order valence-corrected chi connectivity index (χ4v) is 3.55. The lowest BCUT2D eigenvalue weighted by atomic mass is 10.2. The summed E-state index contributed by atoms with van der Waals surface area (Å²) < 4.78 is 5.32. The normalized spacial score (nSPS) is 15.9. The van der Waals surface area contributed by atoms with Gasteiger partial charge in [-0.2, -0.15) is 4.98 Å². The van der Waals surface area contributed by atoms with Crippen LogP contribution in [0.2, 0.25) is 0 Å². The van der Waals surface area contributed by atoms with Crippen molar-refractivity contribution in [3.63, 3.8) is 0 Å². The van der Waals surface area contributed by atoms with Crippen LogP contribution in [-0.2, 0) is 0 Å². The molecule has 1 saturated heterocycles. The van der Waals surface area contributed by atoms with Crippen molar-refractivity contribution < 1.29 is 9.45 Å². The van der Waals surface area contributed by atoms with Gasteiger partial charge in [0.15, 0.2) is 11.6 Å². The van der Waals surface area contributed by atoms with Gasteiger partial charge < -0.3 is 9.42 Å². The number of anilines is 1. The summed E-state index contributed by atoms with van der Waals surface area (Å²) in [4.78, 5) is 28.6. The van der Waals surface area contributed by atoms with Crippen LogP contribution < -0.4 is 4.90 Å². The van der Waals surface area contributed by atoms with E-state index in [2.05, 4.69) is 31.8 Å². The van der Waals surface area contributed by atoms with Gasteiger partial charge in [-0.05, 0) is 32.9 Å². The van der Waals surface area contributed by atoms with E-state index in [1.54, 1.807) is 12.1 Å². The third-order valence-corrected chi connectivity index (χ3v) is 5.26. The van der Waals surface area contributed by atoms with E-state index in [1.807, 2.05) is 19.9 Å². The van der Waals surface area contributed by atoms with Gasteiger partial charge in [0, 0.05) is 55.6 Å². The molecule has 0 saturated carbocycles. The summed E-state index contributed by atoms with van der Waals surface area (Å²) >= 11 is 0. The minimum Gasteiger partial charge on any atom is -0.354 e. The second-order valence-electron chi connectivity index (χ2n) is 7.37. The molecule has 2 aromatic heterocycles. The summed E-state index contributed by atoms with van der Waals surface area (Å²) in [5, 5.41) is 14.8. The summed E-state index contributed by atoms with van der Waals surface area (Å²) in [5.41, 5.74) is 1.66. The molecule has 10 nitrogen and oxygen atoms in total. The Morgan fingerprint density at radius 2 is 1.77 bits per heavy atom. The van der Waals surface area contributed by atoms with Gasteiger partial charge in [-0.15, -0.1) is 0 Å². The lowest BCUT2D eigenvalue weighted by molar-refractivity contribution is -0.384. The summed E-state index contributed by atoms with van der Waals surface area (Å²) in [6.07, 6.45) is 0. The van der Waals surface area contributed by atoms with Crippen molar-refractivity contribution in [2.45, 2.75) is 26.8 Å². The average Bonchev–Trinajstić information content (AvgIpc) is 3.19. The smallest absolute Gasteiger partial charge is 0.269 e. The van der Waals surface area contributed by atoms with Gasteiger partial charge in [-0.25, -0.2) is 9.97 Å². The standard InChI is InChI=1S/C20H23N7O3/c1-13-12-18(23-19(21-13)16-4-6-17(7-5-16)27(28)29)26-10-8-25(9-11-26)14(2)20-22-15(3)24-30-20/h4-7,12,14H,8-11H2,1-3H3. The van der Waals surface area contributed by atoms with Crippen molar-refractivity contribution in [2.75, 3.05) is 31.1 Å². The predicted octanol–water partition coefficient (Wildman–Crippen LogP) is 2.93. The van der Waals surface area contributed by atoms with Crippen molar-refractivity contribution in [3.8, 4) is 11.4 Å². The molecular formula is C20H23N7O3. The van der Waals surface area contributed by atoms with Gasteiger partial charge in [0.2, 0.25) is 5.89 Å². The number of aryl methyl sites for hydroxylation is 2. The number of non-ortho nitro benzene ring substituents is 1. The van der Waals surface area contributed by atoms with E-state index in [0.717, 1.165) is 43.3 Å². The first-order valence-electron chi connectivity index (χ1n) is 9.80. The molecule has 3 heterocycles. The molecule has 4 rings (SSSR count). The first kappa shape index (κ1) is 19.9. The van der Waals surface area contributed by atoms with Gasteiger partial charge in [0.05, 0.1) is 11.0 Å². The molecule has 1 atom stereocenters. The fraction of sp³-hybridized carbons (Fsp3) is 0.400. The fourth-order valence-electron chi connectivity index (χ4n) is 3.55. The maximum Gasteiger partial charge on any atom is 0.269 e. The first-order valence-corrected chi connectivity index (χ1v) is 9.80. The topological polar surface area (TPSA) is 114 Å². The molecule has 0 N–H and O–H groups in total. The molecule has 1 fully saturated rings. The quantitative estimate of drug-likeness (QED) is 0.463. The maximum atomic E-state index is 10.9. The second kappa shape index (κ2) is 8.15. The van der Waals surface area contributed by atoms with E-state index in [1.165, 1.54) is 12.1 Å². The van der Waals surface area contributed by atoms with Crippen molar-refractivity contribution >= 4 is 11.5 Å². The third-order valence-electron chi connectivity index (χ3n) is 5.26. The molecule has 1 aliphatic rings. The summed E-state index contributed by atoms with van der Waals surface area (Å²) in [7, 11) is 0. The molecular weight excluding hydrogens is 386 g/mol. The van der Waals surface area contributed by atoms with E-state index in [-0.39, 0.29) is 11.7 Å². The molecule has 30 heavy (non-hydrogen) atoms. The van der Waals surface area contributed by atoms with Gasteiger partial charge in [-0.1, -0.05) is 5.16 Å². The molecule has 1 unspecified atom stereocenters. The first-order chi connectivity index (χ1) is 14.4. The third kappa shape index (κ3) is 4.13. The van der Waals surface area contributed by atoms with Crippen LogP contribution in [0.4, 0.5) is 11.5 Å². The minimum atomic E-state index is -0.414. The molecule has 156 valence electrons. The van der Waals surface area contributed by atoms with E-state index in [0.29, 0.717) is 17.5 Å². The molecule has 3 aromatic rings. The summed E-state index contributed by atoms with van der Waals surface area (Å²) in [5.74, 6) is 2.71. The van der Waals surface area contributed by atoms with Crippen molar-refractivity contribution in [2.24, 2.45) is 0 Å². The van der Waals surface area contributed by atoms with Crippen LogP contribution in [-0.4, -0.2) is 56.1 Å². The average molecular weight is 409 g/mol. The number of piperazine rings is 1. The monoisotopic (exact) mass is 409 g/mol. The van der Waals surface area contributed by atoms with Gasteiger partial charge in [0.25, 0.3) is 5.69 Å². The van der Waals surface area contributed by atoms with Crippen LogP contribution in [0.1, 0.15) is 30.4 Å². The maximum absolute atomic E-state index is 10.9. The van der Waals surface area contributed by atoms with Crippen molar-refractivity contribution in [1.29, 1.82) is 0 Å². The minimum absolute atomic E-state index is 0.0494. The number of nitrogens with zero attached hydrogens (tertiary/aromatic N) is 7. The Morgan fingerprint density at radius 3 is 2.37 bits per heavy atom. The molecule has 0 aliphatic carbocycles. The Labute approximate surface area is 173 Å². The lowest BCUT2D eigenvalue weighted by Crippen LogP contribution is -2.47. The van der Waals surface area contributed by atoms with E-state index < -0.39 is 4.92 Å². The van der Waals surface area contributed by atoms with Crippen LogP contribution in [0.5, 0.6) is 0 Å². The van der Waals surface area contributed by atoms with E-state index >= 15 is 0 Å². The Bertz CT molecular complexity index is 1040. The van der Waals surface area contributed by atoms with Crippen LogP contribution in [0.25, 0.3) is 11.4 Å². The van der Waals surface area contributed by atoms with E-state index in [9.17, 15) is 10.1 Å². The Morgan fingerprint density at radius 1 is 1.07 bits per heavy atom. The molecule has 10 heteroatoms. The Kier molecular flexibility index (Phi) is 5.40. The Hall–Kier alpha value is -3.40. The number of hydrogen-bond donors (Lipinski definition) is 0.